The minimum Gasteiger partial charge on any atom is -0.497 e. The number of anilines is 1. The maximum absolute atomic E-state index is 13.4. The van der Waals surface area contributed by atoms with E-state index in [2.05, 4.69) is 15.9 Å². The van der Waals surface area contributed by atoms with Crippen LogP contribution in [0, 0.1) is 0 Å². The van der Waals surface area contributed by atoms with Gasteiger partial charge in [-0.3, -0.25) is 14.5 Å². The van der Waals surface area contributed by atoms with Crippen LogP contribution in [0.2, 0.25) is 0 Å². The van der Waals surface area contributed by atoms with Crippen molar-refractivity contribution in [3.05, 3.63) is 58.1 Å². The van der Waals surface area contributed by atoms with Crippen molar-refractivity contribution in [3.8, 4) is 5.75 Å². The first kappa shape index (κ1) is 20.9. The second kappa shape index (κ2) is 7.71. The Morgan fingerprint density at radius 3 is 2.53 bits per heavy atom. The third kappa shape index (κ3) is 3.40. The summed E-state index contributed by atoms with van der Waals surface area (Å²) in [5.41, 5.74) is 2.14. The molecular weight excluding hydrogens is 448 g/mol. The summed E-state index contributed by atoms with van der Waals surface area (Å²) in [7, 11) is 1.59. The summed E-state index contributed by atoms with van der Waals surface area (Å²) in [5, 5.41) is 11.1. The zero-order valence-corrected chi connectivity index (χ0v) is 18.8. The summed E-state index contributed by atoms with van der Waals surface area (Å²) in [6, 6.07) is 12.6. The number of hydrogen-bond donors (Lipinski definition) is 1. The van der Waals surface area contributed by atoms with Crippen LogP contribution >= 0.6 is 15.9 Å². The minimum atomic E-state index is -0.855. The largest absolute Gasteiger partial charge is 0.497 e. The van der Waals surface area contributed by atoms with Crippen molar-refractivity contribution in [3.63, 3.8) is 0 Å². The molecule has 2 amide bonds. The zero-order chi connectivity index (χ0) is 21.6. The van der Waals surface area contributed by atoms with Crippen molar-refractivity contribution in [1.29, 1.82) is 0 Å². The van der Waals surface area contributed by atoms with E-state index in [-0.39, 0.29) is 24.8 Å². The van der Waals surface area contributed by atoms with Crippen LogP contribution in [0.3, 0.4) is 0 Å². The lowest BCUT2D eigenvalue weighted by Crippen LogP contribution is -2.57. The van der Waals surface area contributed by atoms with Gasteiger partial charge in [-0.05, 0) is 41.8 Å². The van der Waals surface area contributed by atoms with Gasteiger partial charge in [0.1, 0.15) is 18.0 Å². The van der Waals surface area contributed by atoms with Gasteiger partial charge in [0.15, 0.2) is 0 Å². The van der Waals surface area contributed by atoms with E-state index < -0.39 is 17.7 Å². The molecule has 0 spiro atoms. The highest BCUT2D eigenvalue weighted by Gasteiger charge is 2.50. The number of piperidine rings is 1. The predicted molar refractivity (Wildman–Crippen MR) is 117 cm³/mol. The Hall–Kier alpha value is -2.38. The standard InChI is InChI=1S/C23H25BrN2O4/c1-23(2)17-9-6-15(24)12-19(17)26(22(23)29)18-10-11-20(27)25(21(18)28)13-14-4-7-16(30-3)8-5-14/h4-9,12,18,22,29H,10-11,13H2,1-3H3. The molecule has 158 valence electrons. The van der Waals surface area contributed by atoms with Gasteiger partial charge >= 0.3 is 0 Å². The first-order valence-corrected chi connectivity index (χ1v) is 10.8. The molecule has 2 aliphatic rings. The van der Waals surface area contributed by atoms with Crippen molar-refractivity contribution in [2.75, 3.05) is 12.0 Å². The number of halogens is 1. The lowest BCUT2D eigenvalue weighted by Gasteiger charge is -2.40. The number of rotatable bonds is 4. The molecule has 2 heterocycles. The number of hydrogen-bond acceptors (Lipinski definition) is 5. The van der Waals surface area contributed by atoms with Gasteiger partial charge in [-0.15, -0.1) is 0 Å². The highest BCUT2D eigenvalue weighted by atomic mass is 79.9. The third-order valence-corrected chi connectivity index (χ3v) is 6.65. The molecule has 2 aromatic rings. The van der Waals surface area contributed by atoms with E-state index in [0.29, 0.717) is 6.42 Å². The fraction of sp³-hybridized carbons (Fsp3) is 0.391. The lowest BCUT2D eigenvalue weighted by molar-refractivity contribution is -0.150. The third-order valence-electron chi connectivity index (χ3n) is 6.16. The summed E-state index contributed by atoms with van der Waals surface area (Å²) in [4.78, 5) is 29.1. The Morgan fingerprint density at radius 2 is 1.87 bits per heavy atom. The number of methoxy groups -OCH3 is 1. The number of aliphatic hydroxyl groups excluding tert-OH is 1. The van der Waals surface area contributed by atoms with Crippen LogP contribution in [0.1, 0.15) is 37.8 Å². The molecule has 7 heteroatoms. The number of benzene rings is 2. The zero-order valence-electron chi connectivity index (χ0n) is 17.3. The van der Waals surface area contributed by atoms with E-state index >= 15 is 0 Å². The number of imide groups is 1. The summed E-state index contributed by atoms with van der Waals surface area (Å²) in [6.45, 7) is 4.15. The second-order valence-corrected chi connectivity index (χ2v) is 9.30. The van der Waals surface area contributed by atoms with Gasteiger partial charge in [0.05, 0.1) is 13.7 Å². The number of carbonyl (C=O) groups excluding carboxylic acids is 2. The Labute approximate surface area is 184 Å². The van der Waals surface area contributed by atoms with Crippen LogP contribution in [0.25, 0.3) is 0 Å². The summed E-state index contributed by atoms with van der Waals surface area (Å²) < 4.78 is 6.05. The summed E-state index contributed by atoms with van der Waals surface area (Å²) >= 11 is 3.50. The van der Waals surface area contributed by atoms with Gasteiger partial charge in [-0.2, -0.15) is 0 Å². The van der Waals surface area contributed by atoms with Gasteiger partial charge in [0.25, 0.3) is 5.91 Å². The maximum Gasteiger partial charge on any atom is 0.252 e. The molecule has 1 N–H and O–H groups in total. The Balaban J connectivity index is 1.64. The van der Waals surface area contributed by atoms with Crippen molar-refractivity contribution < 1.29 is 19.4 Å². The van der Waals surface area contributed by atoms with Crippen molar-refractivity contribution in [2.45, 2.75) is 50.9 Å². The van der Waals surface area contributed by atoms with Crippen LogP contribution in [0.5, 0.6) is 5.75 Å². The molecular formula is C23H25BrN2O4. The van der Waals surface area contributed by atoms with E-state index in [1.165, 1.54) is 4.90 Å². The number of nitrogens with zero attached hydrogens (tertiary/aromatic N) is 2. The average molecular weight is 473 g/mol. The first-order chi connectivity index (χ1) is 14.2. The predicted octanol–water partition coefficient (Wildman–Crippen LogP) is 3.59. The number of amides is 2. The number of fused-ring (bicyclic) bond motifs is 1. The van der Waals surface area contributed by atoms with Crippen LogP contribution in [0.4, 0.5) is 5.69 Å². The number of aliphatic hydroxyl groups is 1. The number of carbonyl (C=O) groups is 2. The smallest absolute Gasteiger partial charge is 0.252 e. The average Bonchev–Trinajstić information content (AvgIpc) is 2.91. The van der Waals surface area contributed by atoms with Crippen LogP contribution in [-0.4, -0.2) is 41.2 Å². The van der Waals surface area contributed by atoms with Crippen LogP contribution in [0.15, 0.2) is 46.9 Å². The lowest BCUT2D eigenvalue weighted by atomic mass is 9.85. The normalized spacial score (nSPS) is 23.0. The van der Waals surface area contributed by atoms with E-state index in [4.69, 9.17) is 4.74 Å². The van der Waals surface area contributed by atoms with E-state index in [0.717, 1.165) is 27.0 Å². The quantitative estimate of drug-likeness (QED) is 0.688. The first-order valence-electron chi connectivity index (χ1n) is 9.97. The van der Waals surface area contributed by atoms with Crippen LogP contribution in [-0.2, 0) is 21.5 Å². The molecule has 0 aromatic heterocycles. The SMILES string of the molecule is COc1ccc(CN2C(=O)CCC(N3c4cc(Br)ccc4C(C)(C)C3O)C2=O)cc1. The Bertz CT molecular complexity index is 989. The van der Waals surface area contributed by atoms with Gasteiger partial charge in [-0.25, -0.2) is 0 Å². The van der Waals surface area contributed by atoms with Gasteiger partial charge in [-0.1, -0.05) is 48.0 Å². The molecule has 6 nitrogen and oxygen atoms in total. The molecule has 0 bridgehead atoms. The Kier molecular flexibility index (Phi) is 5.36. The molecule has 2 unspecified atom stereocenters. The molecule has 2 aliphatic heterocycles. The molecule has 0 radical (unpaired) electrons. The van der Waals surface area contributed by atoms with E-state index in [1.807, 2.05) is 56.3 Å². The fourth-order valence-electron chi connectivity index (χ4n) is 4.38. The van der Waals surface area contributed by atoms with E-state index in [1.54, 1.807) is 12.0 Å². The molecule has 1 saturated heterocycles. The second-order valence-electron chi connectivity index (χ2n) is 8.38. The minimum absolute atomic E-state index is 0.186. The fourth-order valence-corrected chi connectivity index (χ4v) is 4.73. The maximum atomic E-state index is 13.4. The molecule has 0 aliphatic carbocycles. The number of ether oxygens (including phenoxy) is 1. The van der Waals surface area contributed by atoms with Crippen molar-refractivity contribution in [2.24, 2.45) is 0 Å². The van der Waals surface area contributed by atoms with Crippen molar-refractivity contribution in [1.82, 2.24) is 4.90 Å². The molecule has 30 heavy (non-hydrogen) atoms. The molecule has 0 saturated carbocycles. The molecule has 2 atom stereocenters. The topological polar surface area (TPSA) is 70.1 Å². The summed E-state index contributed by atoms with van der Waals surface area (Å²) in [6.07, 6.45) is -0.207. The monoisotopic (exact) mass is 472 g/mol. The van der Waals surface area contributed by atoms with Crippen LogP contribution < -0.4 is 9.64 Å². The number of likely N-dealkylation sites (tertiary alicyclic amines) is 1. The molecule has 4 rings (SSSR count). The summed E-state index contributed by atoms with van der Waals surface area (Å²) in [5.74, 6) is 0.261. The molecule has 1 fully saturated rings. The van der Waals surface area contributed by atoms with Gasteiger partial charge < -0.3 is 14.7 Å². The van der Waals surface area contributed by atoms with E-state index in [9.17, 15) is 14.7 Å². The van der Waals surface area contributed by atoms with Gasteiger partial charge in [0, 0.05) is 22.0 Å². The van der Waals surface area contributed by atoms with Crippen molar-refractivity contribution >= 4 is 33.4 Å². The highest BCUT2D eigenvalue weighted by molar-refractivity contribution is 9.10. The van der Waals surface area contributed by atoms with Gasteiger partial charge in [0.2, 0.25) is 5.91 Å². The molecule has 2 aromatic carbocycles. The highest BCUT2D eigenvalue weighted by Crippen LogP contribution is 2.47. The Morgan fingerprint density at radius 1 is 1.17 bits per heavy atom.